The molecule has 7 heteroatoms. The summed E-state index contributed by atoms with van der Waals surface area (Å²) in [5.41, 5.74) is 7.39. The van der Waals surface area contributed by atoms with Crippen LogP contribution in [-0.2, 0) is 4.74 Å². The van der Waals surface area contributed by atoms with Crippen molar-refractivity contribution in [3.05, 3.63) is 53.7 Å². The molecular weight excluding hydrogens is 332 g/mol. The van der Waals surface area contributed by atoms with Crippen LogP contribution < -0.4 is 10.6 Å². The molecule has 1 amide bonds. The highest BCUT2D eigenvalue weighted by atomic mass is 16.5. The molecule has 0 radical (unpaired) electrons. The maximum absolute atomic E-state index is 12.5. The molecule has 0 atom stereocenters. The maximum Gasteiger partial charge on any atom is 0.339 e. The first kappa shape index (κ1) is 17.7. The van der Waals surface area contributed by atoms with Crippen LogP contribution in [-0.4, -0.2) is 54.5 Å². The van der Waals surface area contributed by atoms with Crippen molar-refractivity contribution in [2.75, 3.05) is 43.4 Å². The average molecular weight is 354 g/mol. The molecule has 1 aromatic carbocycles. The lowest BCUT2D eigenvalue weighted by Gasteiger charge is -2.35. The number of nitrogens with zero attached hydrogens (tertiary/aromatic N) is 3. The van der Waals surface area contributed by atoms with Crippen LogP contribution in [0.15, 0.2) is 42.6 Å². The van der Waals surface area contributed by atoms with E-state index < -0.39 is 0 Å². The lowest BCUT2D eigenvalue weighted by molar-refractivity contribution is 0.0525. The SMILES string of the molecule is CCOC(=O)c1ccc(N2CCN(C(=O)c3ccc(N)cc3)CC2)nc1. The van der Waals surface area contributed by atoms with Crippen LogP contribution in [0.4, 0.5) is 11.5 Å². The lowest BCUT2D eigenvalue weighted by atomic mass is 10.1. The highest BCUT2D eigenvalue weighted by molar-refractivity contribution is 5.94. The van der Waals surface area contributed by atoms with Crippen molar-refractivity contribution in [2.45, 2.75) is 6.92 Å². The van der Waals surface area contributed by atoms with Crippen LogP contribution >= 0.6 is 0 Å². The van der Waals surface area contributed by atoms with Crippen LogP contribution in [0.1, 0.15) is 27.6 Å². The van der Waals surface area contributed by atoms with Gasteiger partial charge >= 0.3 is 5.97 Å². The van der Waals surface area contributed by atoms with Gasteiger partial charge in [-0.05, 0) is 43.3 Å². The number of anilines is 2. The number of benzene rings is 1. The Balaban J connectivity index is 1.59. The quantitative estimate of drug-likeness (QED) is 0.665. The topological polar surface area (TPSA) is 88.8 Å². The Bertz CT molecular complexity index is 766. The van der Waals surface area contributed by atoms with Gasteiger partial charge in [0.05, 0.1) is 12.2 Å². The third kappa shape index (κ3) is 3.93. The first-order valence-corrected chi connectivity index (χ1v) is 8.61. The van der Waals surface area contributed by atoms with E-state index in [2.05, 4.69) is 9.88 Å². The molecule has 0 spiro atoms. The predicted molar refractivity (Wildman–Crippen MR) is 99.2 cm³/mol. The number of amides is 1. The van der Waals surface area contributed by atoms with Gasteiger partial charge in [0, 0.05) is 43.6 Å². The third-order valence-electron chi connectivity index (χ3n) is 4.31. The van der Waals surface area contributed by atoms with Gasteiger partial charge in [0.25, 0.3) is 5.91 Å². The molecule has 1 aliphatic rings. The molecule has 2 aromatic rings. The summed E-state index contributed by atoms with van der Waals surface area (Å²) in [6.45, 7) is 4.71. The van der Waals surface area contributed by atoms with E-state index in [1.165, 1.54) is 6.20 Å². The van der Waals surface area contributed by atoms with E-state index in [0.29, 0.717) is 49.6 Å². The molecule has 7 nitrogen and oxygen atoms in total. The Morgan fingerprint density at radius 3 is 2.27 bits per heavy atom. The zero-order chi connectivity index (χ0) is 18.5. The predicted octanol–water partition coefficient (Wildman–Crippen LogP) is 1.80. The fourth-order valence-electron chi connectivity index (χ4n) is 2.86. The number of pyridine rings is 1. The van der Waals surface area contributed by atoms with E-state index >= 15 is 0 Å². The Kier molecular flexibility index (Phi) is 5.36. The minimum Gasteiger partial charge on any atom is -0.462 e. The number of rotatable bonds is 4. The van der Waals surface area contributed by atoms with Crippen LogP contribution in [0.5, 0.6) is 0 Å². The standard InChI is InChI=1S/C19H22N4O3/c1-2-26-19(25)15-5-8-17(21-13-15)22-9-11-23(12-10-22)18(24)14-3-6-16(20)7-4-14/h3-8,13H,2,9-12,20H2,1H3. The average Bonchev–Trinajstić information content (AvgIpc) is 2.68. The Hall–Kier alpha value is -3.09. The monoisotopic (exact) mass is 354 g/mol. The zero-order valence-electron chi connectivity index (χ0n) is 14.7. The first-order chi connectivity index (χ1) is 12.6. The Labute approximate surface area is 152 Å². The lowest BCUT2D eigenvalue weighted by Crippen LogP contribution is -2.49. The van der Waals surface area contributed by atoms with Crippen molar-refractivity contribution in [1.82, 2.24) is 9.88 Å². The van der Waals surface area contributed by atoms with E-state index in [4.69, 9.17) is 10.5 Å². The molecule has 1 saturated heterocycles. The summed E-state index contributed by atoms with van der Waals surface area (Å²) >= 11 is 0. The third-order valence-corrected chi connectivity index (χ3v) is 4.31. The summed E-state index contributed by atoms with van der Waals surface area (Å²) in [4.78, 5) is 32.5. The summed E-state index contributed by atoms with van der Waals surface area (Å²) in [6, 6.07) is 10.5. The number of hydrogen-bond donors (Lipinski definition) is 1. The molecule has 0 bridgehead atoms. The molecule has 0 aliphatic carbocycles. The molecule has 0 unspecified atom stereocenters. The van der Waals surface area contributed by atoms with Gasteiger partial charge in [-0.3, -0.25) is 4.79 Å². The minimum absolute atomic E-state index is 0.00951. The van der Waals surface area contributed by atoms with Crippen LogP contribution in [0.2, 0.25) is 0 Å². The van der Waals surface area contributed by atoms with Crippen molar-refractivity contribution < 1.29 is 14.3 Å². The largest absolute Gasteiger partial charge is 0.462 e. The second-order valence-electron chi connectivity index (χ2n) is 6.03. The van der Waals surface area contributed by atoms with Crippen molar-refractivity contribution in [3.8, 4) is 0 Å². The van der Waals surface area contributed by atoms with E-state index in [1.54, 1.807) is 37.3 Å². The molecule has 2 N–H and O–H groups in total. The number of esters is 1. The summed E-state index contributed by atoms with van der Waals surface area (Å²) in [5, 5.41) is 0. The molecule has 2 heterocycles. The molecule has 136 valence electrons. The normalized spacial score (nSPS) is 14.2. The number of carbonyl (C=O) groups excluding carboxylic acids is 2. The first-order valence-electron chi connectivity index (χ1n) is 8.61. The second kappa shape index (κ2) is 7.86. The number of nitrogen functional groups attached to an aromatic ring is 1. The fraction of sp³-hybridized carbons (Fsp3) is 0.316. The zero-order valence-corrected chi connectivity index (χ0v) is 14.7. The second-order valence-corrected chi connectivity index (χ2v) is 6.03. The number of hydrogen-bond acceptors (Lipinski definition) is 6. The van der Waals surface area contributed by atoms with Crippen molar-refractivity contribution >= 4 is 23.4 Å². The minimum atomic E-state index is -0.370. The Morgan fingerprint density at radius 1 is 1.04 bits per heavy atom. The van der Waals surface area contributed by atoms with Crippen LogP contribution in [0, 0.1) is 0 Å². The highest BCUT2D eigenvalue weighted by Crippen LogP contribution is 2.16. The van der Waals surface area contributed by atoms with E-state index in [-0.39, 0.29) is 11.9 Å². The number of nitrogens with two attached hydrogens (primary N) is 1. The molecule has 0 saturated carbocycles. The highest BCUT2D eigenvalue weighted by Gasteiger charge is 2.23. The van der Waals surface area contributed by atoms with E-state index in [0.717, 1.165) is 5.82 Å². The van der Waals surface area contributed by atoms with E-state index in [9.17, 15) is 9.59 Å². The smallest absolute Gasteiger partial charge is 0.339 e. The number of carbonyl (C=O) groups is 2. The number of ether oxygens (including phenoxy) is 1. The number of piperazine rings is 1. The van der Waals surface area contributed by atoms with E-state index in [1.807, 2.05) is 11.0 Å². The Morgan fingerprint density at radius 2 is 1.69 bits per heavy atom. The van der Waals surface area contributed by atoms with Gasteiger partial charge in [-0.1, -0.05) is 0 Å². The van der Waals surface area contributed by atoms with Crippen molar-refractivity contribution in [3.63, 3.8) is 0 Å². The van der Waals surface area contributed by atoms with Crippen molar-refractivity contribution in [2.24, 2.45) is 0 Å². The fourth-order valence-corrected chi connectivity index (χ4v) is 2.86. The molecule has 3 rings (SSSR count). The summed E-state index contributed by atoms with van der Waals surface area (Å²) in [6.07, 6.45) is 1.53. The summed E-state index contributed by atoms with van der Waals surface area (Å²) in [7, 11) is 0. The number of aromatic nitrogens is 1. The van der Waals surface area contributed by atoms with Gasteiger partial charge in [0.15, 0.2) is 0 Å². The van der Waals surface area contributed by atoms with Crippen LogP contribution in [0.3, 0.4) is 0 Å². The van der Waals surface area contributed by atoms with Crippen LogP contribution in [0.25, 0.3) is 0 Å². The van der Waals surface area contributed by atoms with Gasteiger partial charge in [0.2, 0.25) is 0 Å². The summed E-state index contributed by atoms with van der Waals surface area (Å²) in [5.74, 6) is 0.429. The molecular formula is C19H22N4O3. The van der Waals surface area contributed by atoms with Gasteiger partial charge < -0.3 is 20.3 Å². The molecule has 26 heavy (non-hydrogen) atoms. The molecule has 1 fully saturated rings. The van der Waals surface area contributed by atoms with Gasteiger partial charge in [-0.2, -0.15) is 0 Å². The maximum atomic E-state index is 12.5. The van der Waals surface area contributed by atoms with Gasteiger partial charge in [0.1, 0.15) is 5.82 Å². The summed E-state index contributed by atoms with van der Waals surface area (Å²) < 4.78 is 4.96. The molecule has 1 aromatic heterocycles. The van der Waals surface area contributed by atoms with Gasteiger partial charge in [-0.25, -0.2) is 9.78 Å². The van der Waals surface area contributed by atoms with Gasteiger partial charge in [-0.15, -0.1) is 0 Å². The molecule has 1 aliphatic heterocycles. The van der Waals surface area contributed by atoms with Crippen molar-refractivity contribution in [1.29, 1.82) is 0 Å².